The predicted octanol–water partition coefficient (Wildman–Crippen LogP) is 2.76. The van der Waals surface area contributed by atoms with Gasteiger partial charge >= 0.3 is 0 Å². The lowest BCUT2D eigenvalue weighted by Crippen LogP contribution is -2.36. The Hall–Kier alpha value is 0.01000. The van der Waals surface area contributed by atoms with Gasteiger partial charge in [-0.05, 0) is 24.3 Å². The Labute approximate surface area is 80.8 Å². The maximum atomic E-state index is 9.22. The van der Waals surface area contributed by atoms with E-state index in [1.165, 1.54) is 23.5 Å². The molecule has 66 valence electrons. The van der Waals surface area contributed by atoms with Crippen LogP contribution in [0.2, 0.25) is 0 Å². The molecule has 0 amide bonds. The third-order valence-corrected chi connectivity index (χ3v) is 4.87. The Morgan fingerprint density at radius 2 is 2.42 bits per heavy atom. The molecule has 1 aliphatic rings. The lowest BCUT2D eigenvalue weighted by atomic mass is 9.85. The molecule has 3 heteroatoms. The van der Waals surface area contributed by atoms with E-state index < -0.39 is 0 Å². The lowest BCUT2D eigenvalue weighted by Gasteiger charge is -2.39. The zero-order chi connectivity index (χ0) is 8.44. The second-order valence-corrected chi connectivity index (χ2v) is 5.94. The molecule has 0 bridgehead atoms. The number of hydrogen-bond donors (Lipinski definition) is 1. The normalized spacial score (nSPS) is 20.4. The second-order valence-electron chi connectivity index (χ2n) is 3.23. The minimum Gasteiger partial charge on any atom is -0.395 e. The maximum absolute atomic E-state index is 9.22. The van der Waals surface area contributed by atoms with Gasteiger partial charge in [0.1, 0.15) is 0 Å². The highest BCUT2D eigenvalue weighted by Gasteiger charge is 2.37. The summed E-state index contributed by atoms with van der Waals surface area (Å²) >= 11 is 3.62. The Bertz CT molecular complexity index is 234. The summed E-state index contributed by atoms with van der Waals surface area (Å²) in [6.45, 7) is 0.329. The van der Waals surface area contributed by atoms with Gasteiger partial charge in [0.05, 0.1) is 10.8 Å². The molecule has 1 fully saturated rings. The van der Waals surface area contributed by atoms with Crippen LogP contribution in [-0.2, 0) is 0 Å². The standard InChI is InChI=1S/C9H12OS2/c10-7-9(4-2-5-9)12-8-3-1-6-11-8/h1,3,6,10H,2,4-5,7H2. The van der Waals surface area contributed by atoms with E-state index in [-0.39, 0.29) is 4.75 Å². The van der Waals surface area contributed by atoms with Crippen molar-refractivity contribution in [3.05, 3.63) is 17.5 Å². The molecular formula is C9H12OS2. The van der Waals surface area contributed by atoms with Crippen molar-refractivity contribution >= 4 is 23.1 Å². The van der Waals surface area contributed by atoms with Crippen LogP contribution >= 0.6 is 23.1 Å². The summed E-state index contributed by atoms with van der Waals surface area (Å²) in [5.74, 6) is 0. The molecular weight excluding hydrogens is 188 g/mol. The number of thiophene rings is 1. The van der Waals surface area contributed by atoms with Crippen molar-refractivity contribution in [2.24, 2.45) is 0 Å². The van der Waals surface area contributed by atoms with Crippen LogP contribution in [0.4, 0.5) is 0 Å². The first kappa shape index (κ1) is 8.60. The van der Waals surface area contributed by atoms with Crippen molar-refractivity contribution in [2.45, 2.75) is 28.2 Å². The smallest absolute Gasteiger partial charge is 0.0604 e. The second kappa shape index (κ2) is 3.40. The van der Waals surface area contributed by atoms with E-state index in [9.17, 15) is 5.11 Å². The van der Waals surface area contributed by atoms with Crippen LogP contribution < -0.4 is 0 Å². The summed E-state index contributed by atoms with van der Waals surface area (Å²) in [4.78, 5) is 0. The van der Waals surface area contributed by atoms with Crippen LogP contribution in [0.3, 0.4) is 0 Å². The third-order valence-electron chi connectivity index (χ3n) is 2.37. The zero-order valence-electron chi connectivity index (χ0n) is 6.82. The molecule has 0 spiro atoms. The highest BCUT2D eigenvalue weighted by atomic mass is 32.2. The average molecular weight is 200 g/mol. The van der Waals surface area contributed by atoms with Gasteiger partial charge in [0.15, 0.2) is 0 Å². The van der Waals surface area contributed by atoms with Crippen molar-refractivity contribution < 1.29 is 5.11 Å². The topological polar surface area (TPSA) is 20.2 Å². The summed E-state index contributed by atoms with van der Waals surface area (Å²) in [5.41, 5.74) is 0. The van der Waals surface area contributed by atoms with E-state index in [0.29, 0.717) is 6.61 Å². The van der Waals surface area contributed by atoms with Crippen LogP contribution in [0.15, 0.2) is 21.7 Å². The predicted molar refractivity (Wildman–Crippen MR) is 53.8 cm³/mol. The number of rotatable bonds is 3. The molecule has 0 saturated heterocycles. The van der Waals surface area contributed by atoms with Crippen LogP contribution in [0.5, 0.6) is 0 Å². The maximum Gasteiger partial charge on any atom is 0.0604 e. The number of aliphatic hydroxyl groups excluding tert-OH is 1. The number of aliphatic hydroxyl groups is 1. The highest BCUT2D eigenvalue weighted by Crippen LogP contribution is 2.48. The highest BCUT2D eigenvalue weighted by molar-refractivity contribution is 8.02. The van der Waals surface area contributed by atoms with Gasteiger partial charge < -0.3 is 5.11 Å². The largest absolute Gasteiger partial charge is 0.395 e. The van der Waals surface area contributed by atoms with E-state index >= 15 is 0 Å². The molecule has 1 aromatic heterocycles. The monoisotopic (exact) mass is 200 g/mol. The van der Waals surface area contributed by atoms with Crippen LogP contribution in [0, 0.1) is 0 Å². The minimum absolute atomic E-state index is 0.171. The molecule has 0 radical (unpaired) electrons. The molecule has 1 aromatic rings. The Kier molecular flexibility index (Phi) is 2.44. The molecule has 1 nitrogen and oxygen atoms in total. The fourth-order valence-corrected chi connectivity index (χ4v) is 3.87. The van der Waals surface area contributed by atoms with E-state index in [1.807, 2.05) is 11.8 Å². The number of hydrogen-bond acceptors (Lipinski definition) is 3. The van der Waals surface area contributed by atoms with Crippen molar-refractivity contribution in [3.63, 3.8) is 0 Å². The van der Waals surface area contributed by atoms with Gasteiger partial charge in [-0.25, -0.2) is 0 Å². The van der Waals surface area contributed by atoms with E-state index in [2.05, 4.69) is 17.5 Å². The SMILES string of the molecule is OCC1(Sc2cccs2)CCC1. The van der Waals surface area contributed by atoms with Gasteiger partial charge in [0, 0.05) is 4.75 Å². The first-order valence-electron chi connectivity index (χ1n) is 4.18. The molecule has 12 heavy (non-hydrogen) atoms. The summed E-state index contributed by atoms with van der Waals surface area (Å²) in [6, 6.07) is 4.20. The van der Waals surface area contributed by atoms with Gasteiger partial charge in [0.2, 0.25) is 0 Å². The molecule has 2 rings (SSSR count). The zero-order valence-corrected chi connectivity index (χ0v) is 8.46. The van der Waals surface area contributed by atoms with Crippen molar-refractivity contribution in [2.75, 3.05) is 6.61 Å². The minimum atomic E-state index is 0.171. The molecule has 0 unspecified atom stereocenters. The molecule has 0 aromatic carbocycles. The van der Waals surface area contributed by atoms with E-state index in [1.54, 1.807) is 11.3 Å². The third kappa shape index (κ3) is 1.53. The molecule has 1 aliphatic carbocycles. The molecule has 0 atom stereocenters. The lowest BCUT2D eigenvalue weighted by molar-refractivity contribution is 0.191. The molecule has 1 saturated carbocycles. The summed E-state index contributed by atoms with van der Waals surface area (Å²) < 4.78 is 1.51. The average Bonchev–Trinajstić information content (AvgIpc) is 2.49. The number of thioether (sulfide) groups is 1. The Morgan fingerprint density at radius 3 is 2.83 bits per heavy atom. The fraction of sp³-hybridized carbons (Fsp3) is 0.556. The van der Waals surface area contributed by atoms with Gasteiger partial charge in [-0.1, -0.05) is 12.5 Å². The summed E-state index contributed by atoms with van der Waals surface area (Å²) in [5, 5.41) is 11.3. The van der Waals surface area contributed by atoms with Gasteiger partial charge in [-0.3, -0.25) is 0 Å². The van der Waals surface area contributed by atoms with Crippen molar-refractivity contribution in [1.29, 1.82) is 0 Å². The van der Waals surface area contributed by atoms with E-state index in [4.69, 9.17) is 0 Å². The molecule has 1 heterocycles. The first-order chi connectivity index (χ1) is 5.85. The Balaban J connectivity index is 2.01. The van der Waals surface area contributed by atoms with Crippen LogP contribution in [0.25, 0.3) is 0 Å². The van der Waals surface area contributed by atoms with Gasteiger partial charge in [-0.2, -0.15) is 0 Å². The van der Waals surface area contributed by atoms with Gasteiger partial charge in [0.25, 0.3) is 0 Å². The molecule has 1 N–H and O–H groups in total. The Morgan fingerprint density at radius 1 is 1.58 bits per heavy atom. The van der Waals surface area contributed by atoms with Crippen LogP contribution in [-0.4, -0.2) is 16.5 Å². The quantitative estimate of drug-likeness (QED) is 0.809. The van der Waals surface area contributed by atoms with Gasteiger partial charge in [-0.15, -0.1) is 23.1 Å². The van der Waals surface area contributed by atoms with Crippen molar-refractivity contribution in [1.82, 2.24) is 0 Å². The fourth-order valence-electron chi connectivity index (χ4n) is 1.40. The summed E-state index contributed by atoms with van der Waals surface area (Å²) in [6.07, 6.45) is 3.62. The van der Waals surface area contributed by atoms with E-state index in [0.717, 1.165) is 0 Å². The summed E-state index contributed by atoms with van der Waals surface area (Å²) in [7, 11) is 0. The van der Waals surface area contributed by atoms with Crippen molar-refractivity contribution in [3.8, 4) is 0 Å². The molecule has 0 aliphatic heterocycles. The van der Waals surface area contributed by atoms with Crippen LogP contribution in [0.1, 0.15) is 19.3 Å². The first-order valence-corrected chi connectivity index (χ1v) is 5.88.